The van der Waals surface area contributed by atoms with Crippen LogP contribution in [-0.4, -0.2) is 38.5 Å². The van der Waals surface area contributed by atoms with Gasteiger partial charge in [0, 0.05) is 26.3 Å². The lowest BCUT2D eigenvalue weighted by Gasteiger charge is -2.45. The van der Waals surface area contributed by atoms with Gasteiger partial charge in [0.05, 0.1) is 0 Å². The lowest BCUT2D eigenvalue weighted by atomic mass is 10.1. The van der Waals surface area contributed by atoms with Crippen LogP contribution in [0.15, 0.2) is 30.3 Å². The third kappa shape index (κ3) is 3.52. The number of hydrogen-bond acceptors (Lipinski definition) is 3. The maximum Gasteiger partial charge on any atom is 0.191 e. The van der Waals surface area contributed by atoms with Gasteiger partial charge >= 0.3 is 0 Å². The molecule has 3 N–H and O–H groups in total. The summed E-state index contributed by atoms with van der Waals surface area (Å²) < 4.78 is -0.177. The van der Waals surface area contributed by atoms with Crippen molar-refractivity contribution in [3.8, 4) is 0 Å². The highest BCUT2D eigenvalue weighted by Gasteiger charge is 2.42. The molecule has 0 fully saturated rings. The van der Waals surface area contributed by atoms with Crippen molar-refractivity contribution in [1.29, 1.82) is 0 Å². The molecule has 18 heavy (non-hydrogen) atoms. The summed E-state index contributed by atoms with van der Waals surface area (Å²) in [5.74, 6) is 0. The summed E-state index contributed by atoms with van der Waals surface area (Å²) in [6, 6.07) is 9.54. The Balaban J connectivity index is 0.00000289. The number of quaternary nitrogens is 1. The van der Waals surface area contributed by atoms with E-state index < -0.39 is 18.7 Å². The zero-order valence-electron chi connectivity index (χ0n) is 11.0. The summed E-state index contributed by atoms with van der Waals surface area (Å²) in [5, 5.41) is 29.8. The van der Waals surface area contributed by atoms with E-state index in [1.54, 1.807) is 20.8 Å². The number of benzene rings is 1. The van der Waals surface area contributed by atoms with Gasteiger partial charge in [-0.2, -0.15) is 0 Å². The van der Waals surface area contributed by atoms with Crippen molar-refractivity contribution in [3.05, 3.63) is 35.9 Å². The third-order valence-corrected chi connectivity index (χ3v) is 3.39. The molecule has 0 aromatic heterocycles. The van der Waals surface area contributed by atoms with Crippen molar-refractivity contribution in [3.63, 3.8) is 0 Å². The Morgan fingerprint density at radius 3 is 1.61 bits per heavy atom. The lowest BCUT2D eigenvalue weighted by Crippen LogP contribution is -3.00. The highest BCUT2D eigenvalue weighted by molar-refractivity contribution is 5.13. The van der Waals surface area contributed by atoms with Gasteiger partial charge < -0.3 is 32.3 Å². The number of aliphatic hydroxyl groups is 3. The molecule has 0 aliphatic rings. The molecule has 0 saturated heterocycles. The van der Waals surface area contributed by atoms with Crippen molar-refractivity contribution < 1.29 is 36.8 Å². The normalized spacial score (nSPS) is 19.2. The standard InChI is InChI=1S/C13H22NO3.BrH/c1-10(15)14(11(2)16,12(3)17)9-13-7-5-4-6-8-13;/h4-8,10-12,15-17H,9H2,1-3H3;1H/q+1;/p-1. The Bertz CT molecular complexity index is 320. The predicted molar refractivity (Wildman–Crippen MR) is 65.4 cm³/mol. The molecule has 0 aliphatic heterocycles. The molecule has 0 spiro atoms. The summed E-state index contributed by atoms with van der Waals surface area (Å²) in [4.78, 5) is 0. The minimum absolute atomic E-state index is 0. The summed E-state index contributed by atoms with van der Waals surface area (Å²) in [6.45, 7) is 5.14. The molecule has 0 bridgehead atoms. The average molecular weight is 320 g/mol. The molecular formula is C13H22BrNO3. The minimum atomic E-state index is -0.852. The second kappa shape index (κ2) is 7.21. The maximum absolute atomic E-state index is 9.92. The monoisotopic (exact) mass is 319 g/mol. The molecule has 1 rings (SSSR count). The number of halogens is 1. The molecule has 0 saturated carbocycles. The molecule has 1 aromatic carbocycles. The van der Waals surface area contributed by atoms with E-state index in [-0.39, 0.29) is 21.5 Å². The second-order valence-electron chi connectivity index (χ2n) is 4.53. The van der Waals surface area contributed by atoms with Crippen molar-refractivity contribution in [2.75, 3.05) is 0 Å². The Morgan fingerprint density at radius 1 is 0.889 bits per heavy atom. The maximum atomic E-state index is 9.92. The summed E-state index contributed by atoms with van der Waals surface area (Å²) >= 11 is 0. The van der Waals surface area contributed by atoms with Crippen LogP contribution in [0.25, 0.3) is 0 Å². The molecule has 0 radical (unpaired) electrons. The zero-order valence-corrected chi connectivity index (χ0v) is 12.6. The fourth-order valence-corrected chi connectivity index (χ4v) is 2.23. The van der Waals surface area contributed by atoms with Crippen LogP contribution in [0.5, 0.6) is 0 Å². The zero-order chi connectivity index (χ0) is 13.1. The van der Waals surface area contributed by atoms with E-state index in [9.17, 15) is 15.3 Å². The summed E-state index contributed by atoms with van der Waals surface area (Å²) in [7, 11) is 0. The fourth-order valence-electron chi connectivity index (χ4n) is 2.23. The fraction of sp³-hybridized carbons (Fsp3) is 0.538. The molecule has 5 heteroatoms. The Kier molecular flexibility index (Phi) is 7.02. The first-order valence-corrected chi connectivity index (χ1v) is 5.86. The first-order chi connectivity index (χ1) is 7.91. The first kappa shape index (κ1) is 17.5. The van der Waals surface area contributed by atoms with Crippen molar-refractivity contribution in [2.45, 2.75) is 46.0 Å². The van der Waals surface area contributed by atoms with Gasteiger partial charge in [-0.15, -0.1) is 0 Å². The predicted octanol–water partition coefficient (Wildman–Crippen LogP) is -1.98. The minimum Gasteiger partial charge on any atom is -1.00 e. The molecule has 1 aromatic rings. The van der Waals surface area contributed by atoms with Crippen molar-refractivity contribution in [2.24, 2.45) is 0 Å². The van der Waals surface area contributed by atoms with Gasteiger partial charge in [0.25, 0.3) is 0 Å². The SMILES string of the molecule is CC(O)[N+](Cc1ccccc1)(C(C)O)C(C)O.[Br-]. The molecular weight excluding hydrogens is 298 g/mol. The number of nitrogens with zero attached hydrogens (tertiary/aromatic N) is 1. The van der Waals surface area contributed by atoms with E-state index in [1.807, 2.05) is 30.3 Å². The van der Waals surface area contributed by atoms with E-state index in [0.29, 0.717) is 6.54 Å². The third-order valence-electron chi connectivity index (χ3n) is 3.39. The van der Waals surface area contributed by atoms with E-state index >= 15 is 0 Å². The molecule has 3 unspecified atom stereocenters. The van der Waals surface area contributed by atoms with Gasteiger partial charge in [-0.3, -0.25) is 0 Å². The molecule has 0 heterocycles. The van der Waals surface area contributed by atoms with Gasteiger partial charge in [0.1, 0.15) is 6.54 Å². The summed E-state index contributed by atoms with van der Waals surface area (Å²) in [6.07, 6.45) is -2.55. The Morgan fingerprint density at radius 2 is 1.28 bits per heavy atom. The molecule has 3 atom stereocenters. The van der Waals surface area contributed by atoms with Gasteiger partial charge in [-0.25, -0.2) is 4.48 Å². The van der Waals surface area contributed by atoms with Gasteiger partial charge in [0.15, 0.2) is 18.7 Å². The van der Waals surface area contributed by atoms with Crippen LogP contribution in [0, 0.1) is 0 Å². The Hall–Kier alpha value is -0.460. The van der Waals surface area contributed by atoms with Crippen molar-refractivity contribution >= 4 is 0 Å². The number of rotatable bonds is 5. The van der Waals surface area contributed by atoms with E-state index in [1.165, 1.54) is 0 Å². The van der Waals surface area contributed by atoms with Crippen LogP contribution in [0.3, 0.4) is 0 Å². The highest BCUT2D eigenvalue weighted by atomic mass is 79.9. The van der Waals surface area contributed by atoms with E-state index in [0.717, 1.165) is 5.56 Å². The van der Waals surface area contributed by atoms with Gasteiger partial charge in [0.2, 0.25) is 0 Å². The van der Waals surface area contributed by atoms with Crippen LogP contribution >= 0.6 is 0 Å². The second-order valence-corrected chi connectivity index (χ2v) is 4.53. The van der Waals surface area contributed by atoms with Crippen LogP contribution in [-0.2, 0) is 6.54 Å². The van der Waals surface area contributed by atoms with E-state index in [4.69, 9.17) is 0 Å². The molecule has 0 amide bonds. The van der Waals surface area contributed by atoms with Crippen molar-refractivity contribution in [1.82, 2.24) is 0 Å². The highest BCUT2D eigenvalue weighted by Crippen LogP contribution is 2.25. The van der Waals surface area contributed by atoms with Crippen LogP contribution < -0.4 is 17.0 Å². The van der Waals surface area contributed by atoms with Crippen LogP contribution in [0.2, 0.25) is 0 Å². The Labute approximate surface area is 119 Å². The topological polar surface area (TPSA) is 60.7 Å². The van der Waals surface area contributed by atoms with Gasteiger partial charge in [-0.1, -0.05) is 30.3 Å². The largest absolute Gasteiger partial charge is 1.00 e. The average Bonchev–Trinajstić information content (AvgIpc) is 2.25. The molecule has 0 aliphatic carbocycles. The first-order valence-electron chi connectivity index (χ1n) is 5.86. The van der Waals surface area contributed by atoms with Crippen LogP contribution in [0.1, 0.15) is 26.3 Å². The smallest absolute Gasteiger partial charge is 0.191 e. The number of aliphatic hydroxyl groups excluding tert-OH is 3. The summed E-state index contributed by atoms with van der Waals surface area (Å²) in [5.41, 5.74) is 0.968. The molecule has 104 valence electrons. The number of hydrogen-bond donors (Lipinski definition) is 3. The van der Waals surface area contributed by atoms with Gasteiger partial charge in [-0.05, 0) is 0 Å². The molecule has 4 nitrogen and oxygen atoms in total. The lowest BCUT2D eigenvalue weighted by molar-refractivity contribution is -1.05. The van der Waals surface area contributed by atoms with Crippen LogP contribution in [0.4, 0.5) is 0 Å². The quantitative estimate of drug-likeness (QED) is 0.435. The van der Waals surface area contributed by atoms with E-state index in [2.05, 4.69) is 0 Å².